The summed E-state index contributed by atoms with van der Waals surface area (Å²) in [6, 6.07) is 7.63. The van der Waals surface area contributed by atoms with Crippen LogP contribution in [-0.4, -0.2) is 44.3 Å². The molecule has 5 nitrogen and oxygen atoms in total. The first-order valence-electron chi connectivity index (χ1n) is 7.97. The summed E-state index contributed by atoms with van der Waals surface area (Å²) in [6.07, 6.45) is 4.02. The molecule has 1 saturated heterocycles. The highest BCUT2D eigenvalue weighted by atomic mass is 35.5. The topological polar surface area (TPSA) is 58.4 Å². The van der Waals surface area contributed by atoms with Gasteiger partial charge < -0.3 is 14.6 Å². The Kier molecular flexibility index (Phi) is 5.81. The predicted molar refractivity (Wildman–Crippen MR) is 95.2 cm³/mol. The lowest BCUT2D eigenvalue weighted by Gasteiger charge is -2.14. The average molecular weight is 366 g/mol. The molecule has 0 spiro atoms. The first kappa shape index (κ1) is 17.3. The molecule has 0 atom stereocenters. The van der Waals surface area contributed by atoms with E-state index in [0.29, 0.717) is 23.0 Å². The van der Waals surface area contributed by atoms with E-state index in [-0.39, 0.29) is 12.5 Å². The molecule has 1 aliphatic rings. The van der Waals surface area contributed by atoms with E-state index >= 15 is 0 Å². The van der Waals surface area contributed by atoms with Gasteiger partial charge in [0.25, 0.3) is 0 Å². The molecule has 7 heteroatoms. The standard InChI is InChI=1S/C17H20ClN3O2S/c18-14-5-3-13(4-6-14)9-21-10-15(11-22)19-17(21)24-12-16(23)20-7-1-2-8-20/h3-6,10,22H,1-2,7-9,11-12H2. The van der Waals surface area contributed by atoms with Gasteiger partial charge in [0, 0.05) is 30.9 Å². The molecule has 0 radical (unpaired) electrons. The van der Waals surface area contributed by atoms with Crippen molar-refractivity contribution < 1.29 is 9.90 Å². The zero-order valence-corrected chi connectivity index (χ0v) is 14.9. The number of nitrogens with zero attached hydrogens (tertiary/aromatic N) is 3. The number of likely N-dealkylation sites (tertiary alicyclic amines) is 1. The second-order valence-corrected chi connectivity index (χ2v) is 7.18. The maximum Gasteiger partial charge on any atom is 0.233 e. The number of imidazole rings is 1. The van der Waals surface area contributed by atoms with E-state index in [4.69, 9.17) is 11.6 Å². The fraction of sp³-hybridized carbons (Fsp3) is 0.412. The minimum absolute atomic E-state index is 0.110. The third-order valence-electron chi connectivity index (χ3n) is 4.00. The molecule has 1 aromatic carbocycles. The summed E-state index contributed by atoms with van der Waals surface area (Å²) in [5.41, 5.74) is 1.70. The summed E-state index contributed by atoms with van der Waals surface area (Å²) in [7, 11) is 0. The van der Waals surface area contributed by atoms with Crippen LogP contribution in [0.25, 0.3) is 0 Å². The van der Waals surface area contributed by atoms with E-state index in [1.165, 1.54) is 11.8 Å². The van der Waals surface area contributed by atoms with E-state index in [9.17, 15) is 9.90 Å². The Bertz CT molecular complexity index is 696. The Labute approximate surface area is 150 Å². The van der Waals surface area contributed by atoms with Crippen molar-refractivity contribution in [3.05, 3.63) is 46.7 Å². The van der Waals surface area contributed by atoms with E-state index in [1.54, 1.807) is 0 Å². The smallest absolute Gasteiger partial charge is 0.233 e. The van der Waals surface area contributed by atoms with Crippen molar-refractivity contribution in [2.24, 2.45) is 0 Å². The molecule has 24 heavy (non-hydrogen) atoms. The number of benzene rings is 1. The van der Waals surface area contributed by atoms with E-state index < -0.39 is 0 Å². The summed E-state index contributed by atoms with van der Waals surface area (Å²) in [5, 5.41) is 10.8. The molecular formula is C17H20ClN3O2S. The van der Waals surface area contributed by atoms with Crippen LogP contribution in [0.15, 0.2) is 35.6 Å². The second-order valence-electron chi connectivity index (χ2n) is 5.80. The summed E-state index contributed by atoms with van der Waals surface area (Å²) >= 11 is 7.34. The Morgan fingerprint density at radius 1 is 1.25 bits per heavy atom. The number of carbonyl (C=O) groups excluding carboxylic acids is 1. The van der Waals surface area contributed by atoms with Gasteiger partial charge in [0.1, 0.15) is 0 Å². The van der Waals surface area contributed by atoms with Gasteiger partial charge in [-0.25, -0.2) is 4.98 Å². The van der Waals surface area contributed by atoms with Crippen LogP contribution >= 0.6 is 23.4 Å². The van der Waals surface area contributed by atoms with Crippen molar-refractivity contribution in [2.45, 2.75) is 31.1 Å². The van der Waals surface area contributed by atoms with Gasteiger partial charge in [-0.1, -0.05) is 35.5 Å². The van der Waals surface area contributed by atoms with Crippen LogP contribution in [-0.2, 0) is 17.9 Å². The normalized spacial score (nSPS) is 14.3. The summed E-state index contributed by atoms with van der Waals surface area (Å²) in [6.45, 7) is 2.24. The van der Waals surface area contributed by atoms with Crippen molar-refractivity contribution in [1.82, 2.24) is 14.5 Å². The molecule has 1 aromatic heterocycles. The van der Waals surface area contributed by atoms with E-state index in [0.717, 1.165) is 36.7 Å². The summed E-state index contributed by atoms with van der Waals surface area (Å²) in [5.74, 6) is 0.534. The van der Waals surface area contributed by atoms with Crippen LogP contribution in [0.3, 0.4) is 0 Å². The molecule has 2 aromatic rings. The number of aliphatic hydroxyl groups is 1. The Balaban J connectivity index is 1.68. The summed E-state index contributed by atoms with van der Waals surface area (Å²) < 4.78 is 1.97. The number of halogens is 1. The zero-order chi connectivity index (χ0) is 16.9. The molecule has 1 aliphatic heterocycles. The molecule has 0 aliphatic carbocycles. The highest BCUT2D eigenvalue weighted by Crippen LogP contribution is 2.21. The highest BCUT2D eigenvalue weighted by molar-refractivity contribution is 7.99. The van der Waals surface area contributed by atoms with Gasteiger partial charge in [-0.2, -0.15) is 0 Å². The molecule has 2 heterocycles. The van der Waals surface area contributed by atoms with Crippen molar-refractivity contribution >= 4 is 29.3 Å². The van der Waals surface area contributed by atoms with E-state index in [2.05, 4.69) is 4.98 Å². The van der Waals surface area contributed by atoms with Gasteiger partial charge in [0.05, 0.1) is 18.1 Å². The lowest BCUT2D eigenvalue weighted by Crippen LogP contribution is -2.29. The fourth-order valence-electron chi connectivity index (χ4n) is 2.73. The number of hydrogen-bond donors (Lipinski definition) is 1. The number of hydrogen-bond acceptors (Lipinski definition) is 4. The molecule has 128 valence electrons. The molecule has 0 saturated carbocycles. The number of aromatic nitrogens is 2. The van der Waals surface area contributed by atoms with Gasteiger partial charge in [0.2, 0.25) is 5.91 Å². The Morgan fingerprint density at radius 2 is 1.96 bits per heavy atom. The Hall–Kier alpha value is -1.50. The lowest BCUT2D eigenvalue weighted by molar-refractivity contribution is -0.127. The highest BCUT2D eigenvalue weighted by Gasteiger charge is 2.19. The Morgan fingerprint density at radius 3 is 2.62 bits per heavy atom. The van der Waals surface area contributed by atoms with Gasteiger partial charge in [-0.15, -0.1) is 0 Å². The molecular weight excluding hydrogens is 346 g/mol. The molecule has 0 bridgehead atoms. The van der Waals surface area contributed by atoms with Crippen molar-refractivity contribution in [2.75, 3.05) is 18.8 Å². The van der Waals surface area contributed by atoms with Crippen LogP contribution < -0.4 is 0 Å². The number of thioether (sulfide) groups is 1. The van der Waals surface area contributed by atoms with Gasteiger partial charge in [0.15, 0.2) is 5.16 Å². The number of rotatable bonds is 6. The SMILES string of the molecule is O=C(CSc1nc(CO)cn1Cc1ccc(Cl)cc1)N1CCCC1. The minimum atomic E-state index is -0.110. The number of amides is 1. The molecule has 1 fully saturated rings. The van der Waals surface area contributed by atoms with Crippen molar-refractivity contribution in [1.29, 1.82) is 0 Å². The van der Waals surface area contributed by atoms with Crippen LogP contribution in [0.2, 0.25) is 5.02 Å². The quantitative estimate of drug-likeness (QED) is 0.800. The van der Waals surface area contributed by atoms with Gasteiger partial charge in [-0.3, -0.25) is 4.79 Å². The number of aliphatic hydroxyl groups excluding tert-OH is 1. The van der Waals surface area contributed by atoms with Crippen molar-refractivity contribution in [3.63, 3.8) is 0 Å². The average Bonchev–Trinajstić information content (AvgIpc) is 3.24. The molecule has 0 unspecified atom stereocenters. The third kappa shape index (κ3) is 4.32. The first-order valence-corrected chi connectivity index (χ1v) is 9.34. The fourth-order valence-corrected chi connectivity index (χ4v) is 3.75. The molecule has 1 N–H and O–H groups in total. The molecule has 3 rings (SSSR count). The largest absolute Gasteiger partial charge is 0.390 e. The van der Waals surface area contributed by atoms with Crippen LogP contribution in [0.4, 0.5) is 0 Å². The zero-order valence-electron chi connectivity index (χ0n) is 13.3. The third-order valence-corrected chi connectivity index (χ3v) is 5.23. The molecule has 1 amide bonds. The van der Waals surface area contributed by atoms with Crippen molar-refractivity contribution in [3.8, 4) is 0 Å². The number of carbonyl (C=O) groups is 1. The van der Waals surface area contributed by atoms with Gasteiger partial charge in [-0.05, 0) is 30.5 Å². The van der Waals surface area contributed by atoms with Crippen LogP contribution in [0, 0.1) is 0 Å². The minimum Gasteiger partial charge on any atom is -0.390 e. The predicted octanol–water partition coefficient (Wildman–Crippen LogP) is 2.79. The summed E-state index contributed by atoms with van der Waals surface area (Å²) in [4.78, 5) is 18.5. The van der Waals surface area contributed by atoms with Crippen LogP contribution in [0.5, 0.6) is 0 Å². The first-order chi connectivity index (χ1) is 11.7. The van der Waals surface area contributed by atoms with Gasteiger partial charge >= 0.3 is 0 Å². The lowest BCUT2D eigenvalue weighted by atomic mass is 10.2. The maximum atomic E-state index is 12.2. The monoisotopic (exact) mass is 365 g/mol. The second kappa shape index (κ2) is 8.05. The maximum absolute atomic E-state index is 12.2. The van der Waals surface area contributed by atoms with E-state index in [1.807, 2.05) is 39.9 Å². The van der Waals surface area contributed by atoms with Crippen LogP contribution in [0.1, 0.15) is 24.1 Å².